The van der Waals surface area contributed by atoms with E-state index in [1.807, 2.05) is 30.1 Å². The molecule has 1 aromatic heterocycles. The van der Waals surface area contributed by atoms with Crippen LogP contribution in [-0.2, 0) is 0 Å². The van der Waals surface area contributed by atoms with Gasteiger partial charge >= 0.3 is 0 Å². The average Bonchev–Trinajstić information content (AvgIpc) is 2.98. The smallest absolute Gasteiger partial charge is 0.0705 e. The summed E-state index contributed by atoms with van der Waals surface area (Å²) in [6, 6.07) is 19.0. The summed E-state index contributed by atoms with van der Waals surface area (Å²) in [5.41, 5.74) is 10.2. The summed E-state index contributed by atoms with van der Waals surface area (Å²) in [5.74, 6) is 1.42. The number of nitrogens with zero attached hydrogens (tertiary/aromatic N) is 1. The molecule has 2 unspecified atom stereocenters. The van der Waals surface area contributed by atoms with Crippen LogP contribution in [-0.4, -0.2) is 10.7 Å². The lowest BCUT2D eigenvalue weighted by molar-refractivity contribution is 0.611. The third-order valence-corrected chi connectivity index (χ3v) is 5.42. The van der Waals surface area contributed by atoms with Gasteiger partial charge < -0.3 is 5.73 Å². The van der Waals surface area contributed by atoms with E-state index in [0.717, 1.165) is 11.3 Å². The van der Waals surface area contributed by atoms with Crippen molar-refractivity contribution in [3.8, 4) is 0 Å². The van der Waals surface area contributed by atoms with E-state index in [4.69, 9.17) is 5.73 Å². The number of thioether (sulfide) groups is 1. The Morgan fingerprint density at radius 2 is 1.95 bits per heavy atom. The molecule has 0 radical (unpaired) electrons. The number of aromatic nitrogens is 1. The van der Waals surface area contributed by atoms with Gasteiger partial charge in [-0.25, -0.2) is 0 Å². The van der Waals surface area contributed by atoms with Crippen molar-refractivity contribution in [2.24, 2.45) is 5.73 Å². The lowest BCUT2D eigenvalue weighted by atomic mass is 9.87. The first-order chi connectivity index (χ1) is 10.3. The summed E-state index contributed by atoms with van der Waals surface area (Å²) >= 11 is 1.91. The van der Waals surface area contributed by atoms with Crippen molar-refractivity contribution in [3.05, 3.63) is 71.9 Å². The van der Waals surface area contributed by atoms with Crippen LogP contribution in [0.4, 0.5) is 0 Å². The summed E-state index contributed by atoms with van der Waals surface area (Å²) in [6.45, 7) is 0. The molecule has 0 saturated carbocycles. The minimum atomic E-state index is 0.00838. The molecule has 0 amide bonds. The Labute approximate surface area is 128 Å². The number of nitrogens with two attached hydrogens (primary N) is 1. The summed E-state index contributed by atoms with van der Waals surface area (Å²) in [5, 5.41) is 1.17. The lowest BCUT2D eigenvalue weighted by Crippen LogP contribution is -2.20. The maximum absolute atomic E-state index is 6.64. The Bertz CT molecular complexity index is 795. The van der Waals surface area contributed by atoms with Gasteiger partial charge in [0.25, 0.3) is 0 Å². The molecule has 1 aliphatic heterocycles. The van der Waals surface area contributed by atoms with E-state index in [9.17, 15) is 0 Å². The van der Waals surface area contributed by atoms with Crippen LogP contribution in [0.2, 0.25) is 0 Å². The first kappa shape index (κ1) is 12.9. The summed E-state index contributed by atoms with van der Waals surface area (Å²) in [4.78, 5) is 5.81. The Morgan fingerprint density at radius 1 is 1.05 bits per heavy atom. The van der Waals surface area contributed by atoms with Crippen LogP contribution in [0.25, 0.3) is 10.9 Å². The highest BCUT2D eigenvalue weighted by atomic mass is 32.2. The third kappa shape index (κ3) is 2.13. The van der Waals surface area contributed by atoms with Crippen molar-refractivity contribution >= 4 is 22.7 Å². The molecular weight excluding hydrogens is 276 g/mol. The van der Waals surface area contributed by atoms with Gasteiger partial charge in [-0.15, -0.1) is 11.8 Å². The van der Waals surface area contributed by atoms with Crippen LogP contribution in [0.3, 0.4) is 0 Å². The standard InChI is InChI=1S/C18H16N2S/c19-18(15-11-21-17-9-2-1-5-13(15)17)14-6-3-8-16-12(14)7-4-10-20-16/h1-10,15,18H,11,19H2. The monoisotopic (exact) mass is 292 g/mol. The molecule has 21 heavy (non-hydrogen) atoms. The normalized spacial score (nSPS) is 18.6. The first-order valence-electron chi connectivity index (χ1n) is 7.15. The number of hydrogen-bond acceptors (Lipinski definition) is 3. The second-order valence-corrected chi connectivity index (χ2v) is 6.46. The van der Waals surface area contributed by atoms with Crippen molar-refractivity contribution in [1.29, 1.82) is 0 Å². The van der Waals surface area contributed by atoms with Gasteiger partial charge in [0.1, 0.15) is 0 Å². The molecule has 2 nitrogen and oxygen atoms in total. The van der Waals surface area contributed by atoms with Crippen LogP contribution in [0, 0.1) is 0 Å². The minimum absolute atomic E-state index is 0.00838. The predicted molar refractivity (Wildman–Crippen MR) is 88.6 cm³/mol. The molecule has 3 heteroatoms. The molecule has 2 heterocycles. The maximum atomic E-state index is 6.64. The SMILES string of the molecule is NC(c1cccc2ncccc12)C1CSc2ccccc21. The number of fused-ring (bicyclic) bond motifs is 2. The fourth-order valence-corrected chi connectivity index (χ4v) is 4.43. The molecule has 1 aliphatic rings. The quantitative estimate of drug-likeness (QED) is 0.772. The highest BCUT2D eigenvalue weighted by Crippen LogP contribution is 2.45. The zero-order valence-corrected chi connectivity index (χ0v) is 12.4. The van der Waals surface area contributed by atoms with Gasteiger partial charge in [0, 0.05) is 34.2 Å². The van der Waals surface area contributed by atoms with Crippen molar-refractivity contribution in [2.45, 2.75) is 16.9 Å². The van der Waals surface area contributed by atoms with E-state index in [1.165, 1.54) is 21.4 Å². The highest BCUT2D eigenvalue weighted by Gasteiger charge is 2.29. The zero-order chi connectivity index (χ0) is 14.2. The lowest BCUT2D eigenvalue weighted by Gasteiger charge is -2.21. The van der Waals surface area contributed by atoms with Gasteiger partial charge in [-0.3, -0.25) is 4.98 Å². The highest BCUT2D eigenvalue weighted by molar-refractivity contribution is 7.99. The van der Waals surface area contributed by atoms with E-state index >= 15 is 0 Å². The van der Waals surface area contributed by atoms with Crippen molar-refractivity contribution in [1.82, 2.24) is 4.98 Å². The molecule has 2 aromatic carbocycles. The fraction of sp³-hybridized carbons (Fsp3) is 0.167. The summed E-state index contributed by atoms with van der Waals surface area (Å²) < 4.78 is 0. The molecule has 0 saturated heterocycles. The van der Waals surface area contributed by atoms with Gasteiger partial charge in [-0.1, -0.05) is 36.4 Å². The predicted octanol–water partition coefficient (Wildman–Crippen LogP) is 4.12. The number of rotatable bonds is 2. The van der Waals surface area contributed by atoms with Crippen molar-refractivity contribution in [2.75, 3.05) is 5.75 Å². The van der Waals surface area contributed by atoms with E-state index < -0.39 is 0 Å². The van der Waals surface area contributed by atoms with E-state index in [2.05, 4.69) is 47.4 Å². The average molecular weight is 292 g/mol. The second kappa shape index (κ2) is 5.17. The van der Waals surface area contributed by atoms with E-state index in [0.29, 0.717) is 5.92 Å². The molecule has 2 N–H and O–H groups in total. The van der Waals surface area contributed by atoms with Crippen molar-refractivity contribution in [3.63, 3.8) is 0 Å². The number of hydrogen-bond donors (Lipinski definition) is 1. The topological polar surface area (TPSA) is 38.9 Å². The largest absolute Gasteiger partial charge is 0.323 e. The molecular formula is C18H16N2S. The zero-order valence-electron chi connectivity index (χ0n) is 11.6. The third-order valence-electron chi connectivity index (χ3n) is 4.21. The maximum Gasteiger partial charge on any atom is 0.0705 e. The molecule has 2 atom stereocenters. The van der Waals surface area contributed by atoms with Gasteiger partial charge in [-0.05, 0) is 29.3 Å². The summed E-state index contributed by atoms with van der Waals surface area (Å²) in [7, 11) is 0. The van der Waals surface area contributed by atoms with Crippen molar-refractivity contribution < 1.29 is 0 Å². The molecule has 4 rings (SSSR count). The Balaban J connectivity index is 1.80. The number of pyridine rings is 1. The van der Waals surface area contributed by atoms with Gasteiger partial charge in [-0.2, -0.15) is 0 Å². The Hall–Kier alpha value is -1.84. The molecule has 0 fully saturated rings. The van der Waals surface area contributed by atoms with Crippen LogP contribution < -0.4 is 5.73 Å². The van der Waals surface area contributed by atoms with E-state index in [1.54, 1.807) is 0 Å². The fourth-order valence-electron chi connectivity index (χ4n) is 3.12. The van der Waals surface area contributed by atoms with Gasteiger partial charge in [0.05, 0.1) is 5.52 Å². The van der Waals surface area contributed by atoms with Gasteiger partial charge in [0.15, 0.2) is 0 Å². The van der Waals surface area contributed by atoms with Crippen LogP contribution in [0.15, 0.2) is 65.7 Å². The van der Waals surface area contributed by atoms with Crippen LogP contribution >= 0.6 is 11.8 Å². The van der Waals surface area contributed by atoms with Crippen LogP contribution in [0.1, 0.15) is 23.1 Å². The summed E-state index contributed by atoms with van der Waals surface area (Å²) in [6.07, 6.45) is 1.83. The molecule has 0 spiro atoms. The second-order valence-electron chi connectivity index (χ2n) is 5.40. The number of benzene rings is 2. The Kier molecular flexibility index (Phi) is 3.17. The molecule has 104 valence electrons. The van der Waals surface area contributed by atoms with Gasteiger partial charge in [0.2, 0.25) is 0 Å². The minimum Gasteiger partial charge on any atom is -0.323 e. The molecule has 0 aliphatic carbocycles. The first-order valence-corrected chi connectivity index (χ1v) is 8.14. The molecule has 0 bridgehead atoms. The Morgan fingerprint density at radius 3 is 2.90 bits per heavy atom. The van der Waals surface area contributed by atoms with E-state index in [-0.39, 0.29) is 6.04 Å². The van der Waals surface area contributed by atoms with Crippen LogP contribution in [0.5, 0.6) is 0 Å². The molecule has 3 aromatic rings.